The molecule has 1 aliphatic heterocycles. The molecule has 1 aromatic carbocycles. The summed E-state index contributed by atoms with van der Waals surface area (Å²) in [5.74, 6) is 0.836. The van der Waals surface area contributed by atoms with Crippen LogP contribution in [0.1, 0.15) is 19.4 Å². The van der Waals surface area contributed by atoms with E-state index in [1.165, 1.54) is 0 Å². The van der Waals surface area contributed by atoms with Gasteiger partial charge in [-0.05, 0) is 0 Å². The van der Waals surface area contributed by atoms with Crippen LogP contribution in [0.3, 0.4) is 0 Å². The number of ether oxygens (including phenoxy) is 1. The van der Waals surface area contributed by atoms with Gasteiger partial charge in [0.25, 0.3) is 0 Å². The fraction of sp³-hybridized carbons (Fsp3) is 0.467. The second-order valence-electron chi connectivity index (χ2n) is 5.35. The molecule has 0 unspecified atom stereocenters. The molecule has 1 aliphatic rings. The van der Waals surface area contributed by atoms with E-state index < -0.39 is 11.9 Å². The minimum atomic E-state index is -3.08. The van der Waals surface area contributed by atoms with Crippen LogP contribution in [0, 0.1) is 0 Å². The summed E-state index contributed by atoms with van der Waals surface area (Å²) in [5.41, 5.74) is 0.976. The molecule has 3 nitrogen and oxygen atoms in total. The Bertz CT molecular complexity index is 616. The van der Waals surface area contributed by atoms with Crippen molar-refractivity contribution in [3.63, 3.8) is 0 Å². The van der Waals surface area contributed by atoms with Gasteiger partial charge in [0.15, 0.2) is 0 Å². The monoisotopic (exact) mass is 418 g/mol. The summed E-state index contributed by atoms with van der Waals surface area (Å²) in [5, 5.41) is 0. The normalized spacial score (nSPS) is 18.3. The molecule has 21 heavy (non-hydrogen) atoms. The second-order valence-corrected chi connectivity index (χ2v) is 14.6. The Hall–Kier alpha value is -0.117. The maximum atomic E-state index is 6.78. The zero-order chi connectivity index (χ0) is 15.6. The zero-order valence-electron chi connectivity index (χ0n) is 12.8. The third-order valence-electron chi connectivity index (χ3n) is 3.11. The first-order valence-corrected chi connectivity index (χ1v) is 13.2. The Morgan fingerprint density at radius 2 is 1.71 bits per heavy atom. The van der Waals surface area contributed by atoms with Crippen molar-refractivity contribution in [1.29, 1.82) is 0 Å². The van der Waals surface area contributed by atoms with E-state index in [1.54, 1.807) is 0 Å². The minimum absolute atomic E-state index is 0.120. The molecule has 120 valence electrons. The van der Waals surface area contributed by atoms with Crippen molar-refractivity contribution in [3.05, 3.63) is 29.8 Å². The Balaban J connectivity index is 2.55. The van der Waals surface area contributed by atoms with Crippen LogP contribution >= 0.6 is 19.4 Å². The van der Waals surface area contributed by atoms with Gasteiger partial charge in [0, 0.05) is 0 Å². The van der Waals surface area contributed by atoms with Gasteiger partial charge in [-0.2, -0.15) is 0 Å². The first-order chi connectivity index (χ1) is 9.81. The summed E-state index contributed by atoms with van der Waals surface area (Å²) in [7, 11) is 17.6. The van der Waals surface area contributed by atoms with Crippen molar-refractivity contribution in [3.8, 4) is 5.75 Å². The van der Waals surface area contributed by atoms with Gasteiger partial charge in [-0.1, -0.05) is 0 Å². The van der Waals surface area contributed by atoms with E-state index in [0.29, 0.717) is 0 Å². The molecular formula is C15H22Cl2N2ORu. The molecule has 1 aromatic rings. The van der Waals surface area contributed by atoms with Crippen molar-refractivity contribution >= 4 is 28.3 Å². The molecule has 0 amide bonds. The molecule has 1 saturated heterocycles. The van der Waals surface area contributed by atoms with Crippen LogP contribution in [-0.4, -0.2) is 52.1 Å². The number of benzene rings is 1. The Kier molecular flexibility index (Phi) is 5.73. The zero-order valence-corrected chi connectivity index (χ0v) is 16.0. The van der Waals surface area contributed by atoms with Crippen molar-refractivity contribution in [2.75, 3.05) is 27.2 Å². The summed E-state index contributed by atoms with van der Waals surface area (Å²) in [6.07, 6.45) is 0.120. The van der Waals surface area contributed by atoms with E-state index >= 15 is 0 Å². The first kappa shape index (κ1) is 17.2. The van der Waals surface area contributed by atoms with Crippen LogP contribution in [0.25, 0.3) is 0 Å². The van der Waals surface area contributed by atoms with Crippen LogP contribution in [0.15, 0.2) is 24.3 Å². The van der Waals surface area contributed by atoms with E-state index in [4.69, 9.17) is 24.1 Å². The molecule has 0 atom stereocenters. The first-order valence-electron chi connectivity index (χ1n) is 6.83. The number of halogens is 2. The van der Waals surface area contributed by atoms with Gasteiger partial charge in [-0.3, -0.25) is 0 Å². The molecule has 0 N–H and O–H groups in total. The van der Waals surface area contributed by atoms with Crippen molar-refractivity contribution in [2.45, 2.75) is 20.0 Å². The summed E-state index contributed by atoms with van der Waals surface area (Å²) in [6, 6.07) is 7.91. The number of hydrogen-bond donors (Lipinski definition) is 0. The molecular weight excluding hydrogens is 396 g/mol. The van der Waals surface area contributed by atoms with Gasteiger partial charge in [0.05, 0.1) is 0 Å². The average Bonchev–Trinajstić information content (AvgIpc) is 2.71. The Morgan fingerprint density at radius 3 is 2.29 bits per heavy atom. The number of rotatable bonds is 3. The third-order valence-corrected chi connectivity index (χ3v) is 8.97. The number of likely N-dealkylation sites (N-methyl/N-ethyl adjacent to an activating group) is 2. The summed E-state index contributed by atoms with van der Waals surface area (Å²) >= 11 is -3.08. The molecule has 2 rings (SSSR count). The van der Waals surface area contributed by atoms with Crippen LogP contribution < -0.4 is 4.74 Å². The van der Waals surface area contributed by atoms with Gasteiger partial charge in [-0.15, -0.1) is 0 Å². The number of hydrogen-bond acceptors (Lipinski definition) is 3. The van der Waals surface area contributed by atoms with Gasteiger partial charge < -0.3 is 0 Å². The predicted octanol–water partition coefficient (Wildman–Crippen LogP) is 3.05. The quantitative estimate of drug-likeness (QED) is 0.702. The van der Waals surface area contributed by atoms with Gasteiger partial charge in [0.2, 0.25) is 0 Å². The molecule has 0 spiro atoms. The van der Waals surface area contributed by atoms with E-state index in [1.807, 2.05) is 56.8 Å². The molecule has 0 radical (unpaired) electrons. The maximum absolute atomic E-state index is 6.78. The standard InChI is InChI=1S/C10H12O.C5H10N2.2ClH.Ru/c1-8(2)11-10-7-5-4-6-9(10)3;1-6-3-4-7(2)5-6;;;/h3-8H,1-2H3;3-4H2,1-2H3;2*1H;/q;;;;+2/p-2. The molecule has 0 aliphatic carbocycles. The SMILES string of the molecule is CC(C)Oc1ccccc1[CH]=[Ru]([Cl])([Cl])=[C]1N(C)CCN1C. The van der Waals surface area contributed by atoms with Crippen molar-refractivity contribution in [2.24, 2.45) is 0 Å². The molecule has 0 saturated carbocycles. The fourth-order valence-electron chi connectivity index (χ4n) is 2.24. The predicted molar refractivity (Wildman–Crippen MR) is 89.3 cm³/mol. The fourth-order valence-corrected chi connectivity index (χ4v) is 9.11. The van der Waals surface area contributed by atoms with Crippen molar-refractivity contribution in [1.82, 2.24) is 9.80 Å². The van der Waals surface area contributed by atoms with E-state index in [0.717, 1.165) is 28.8 Å². The summed E-state index contributed by atoms with van der Waals surface area (Å²) in [4.78, 5) is 4.32. The van der Waals surface area contributed by atoms with Gasteiger partial charge in [0.1, 0.15) is 0 Å². The number of para-hydroxylation sites is 1. The molecule has 1 fully saturated rings. The van der Waals surface area contributed by atoms with Crippen molar-refractivity contribution < 1.29 is 16.6 Å². The topological polar surface area (TPSA) is 15.7 Å². The molecule has 1 heterocycles. The molecule has 6 heteroatoms. The van der Waals surface area contributed by atoms with E-state index in [2.05, 4.69) is 9.80 Å². The summed E-state index contributed by atoms with van der Waals surface area (Å²) < 4.78 is 8.93. The van der Waals surface area contributed by atoms with Crippen LogP contribution in [0.2, 0.25) is 0 Å². The average molecular weight is 418 g/mol. The number of nitrogens with zero attached hydrogens (tertiary/aromatic N) is 2. The Morgan fingerprint density at radius 1 is 1.14 bits per heavy atom. The van der Waals surface area contributed by atoms with Crippen LogP contribution in [0.4, 0.5) is 0 Å². The molecule has 0 aromatic heterocycles. The summed E-state index contributed by atoms with van der Waals surface area (Å²) in [6.45, 7) is 5.95. The van der Waals surface area contributed by atoms with E-state index in [9.17, 15) is 0 Å². The second kappa shape index (κ2) is 6.97. The van der Waals surface area contributed by atoms with Crippen LogP contribution in [-0.2, 0) is 11.9 Å². The Labute approximate surface area is 137 Å². The van der Waals surface area contributed by atoms with Crippen LogP contribution in [0.5, 0.6) is 5.75 Å². The van der Waals surface area contributed by atoms with Gasteiger partial charge >= 0.3 is 137 Å². The molecule has 0 bridgehead atoms. The third kappa shape index (κ3) is 4.21. The van der Waals surface area contributed by atoms with Gasteiger partial charge in [-0.25, -0.2) is 0 Å². The van der Waals surface area contributed by atoms with E-state index in [-0.39, 0.29) is 6.10 Å².